The Hall–Kier alpha value is -3.56. The van der Waals surface area contributed by atoms with Gasteiger partial charge in [-0.05, 0) is 52.9 Å². The molecule has 3 aromatic rings. The number of hydrogen-bond acceptors (Lipinski definition) is 3. The van der Waals surface area contributed by atoms with E-state index in [0.717, 1.165) is 22.6 Å². The number of halogens is 1. The summed E-state index contributed by atoms with van der Waals surface area (Å²) in [5.74, 6) is 0. The van der Waals surface area contributed by atoms with Gasteiger partial charge in [-0.1, -0.05) is 79.9 Å². The topological polar surface area (TPSA) is 36.4 Å². The van der Waals surface area contributed by atoms with Crippen molar-refractivity contribution in [2.45, 2.75) is 13.0 Å². The molecule has 3 nitrogen and oxygen atoms in total. The van der Waals surface area contributed by atoms with Crippen LogP contribution in [0.1, 0.15) is 33.9 Å². The molecule has 154 valence electrons. The summed E-state index contributed by atoms with van der Waals surface area (Å²) in [5, 5.41) is 7.42. The van der Waals surface area contributed by atoms with Crippen LogP contribution in [0.3, 0.4) is 0 Å². The van der Waals surface area contributed by atoms with Crippen LogP contribution in [0.2, 0.25) is 0 Å². The third kappa shape index (κ3) is 3.92. The number of para-hydroxylation sites is 1. The van der Waals surface area contributed by atoms with Crippen LogP contribution in [-0.2, 0) is 0 Å². The number of aliphatic imine (C=N–C) groups is 1. The zero-order chi connectivity index (χ0) is 22.0. The highest BCUT2D eigenvalue weighted by atomic mass is 35.5. The summed E-state index contributed by atoms with van der Waals surface area (Å²) in [6, 6.07) is 20.9. The van der Waals surface area contributed by atoms with Gasteiger partial charge in [0.25, 0.3) is 0 Å². The maximum absolute atomic E-state index is 5.15. The van der Waals surface area contributed by atoms with E-state index in [9.17, 15) is 0 Å². The normalized spacial score (nSPS) is 14.9. The maximum atomic E-state index is 5.15. The van der Waals surface area contributed by atoms with E-state index in [0.29, 0.717) is 5.03 Å². The highest BCUT2D eigenvalue weighted by Gasteiger charge is 2.33. The molecule has 0 saturated carbocycles. The Balaban J connectivity index is 0.000000418. The van der Waals surface area contributed by atoms with Crippen molar-refractivity contribution in [2.24, 2.45) is 4.99 Å². The number of nitrogens with one attached hydrogen (secondary N) is 2. The predicted molar refractivity (Wildman–Crippen MR) is 135 cm³/mol. The van der Waals surface area contributed by atoms with Crippen molar-refractivity contribution in [3.8, 4) is 0 Å². The first kappa shape index (κ1) is 20.7. The zero-order valence-corrected chi connectivity index (χ0v) is 18.2. The molecule has 0 bridgehead atoms. The standard InChI is InChI=1S/C23H19N3.C4H5Cl/c1-14-12-19(26-16-8-4-3-5-9-16)23-21-20(14)15(2)17-10-6-7-11-18(17)22(21)24-13-25-23;1-3-4(2)5/h3-13,22,26H,2H2,1H3,(H,24,25);3H,1-2H2. The Morgan fingerprint density at radius 3 is 2.52 bits per heavy atom. The number of anilines is 3. The second-order valence-corrected chi connectivity index (χ2v) is 7.92. The summed E-state index contributed by atoms with van der Waals surface area (Å²) in [5.41, 5.74) is 10.4. The van der Waals surface area contributed by atoms with Crippen LogP contribution < -0.4 is 10.6 Å². The lowest BCUT2D eigenvalue weighted by Crippen LogP contribution is -2.20. The number of rotatable bonds is 3. The summed E-state index contributed by atoms with van der Waals surface area (Å²) < 4.78 is 0. The molecule has 0 radical (unpaired) electrons. The van der Waals surface area contributed by atoms with Gasteiger partial charge in [0.2, 0.25) is 0 Å². The monoisotopic (exact) mass is 425 g/mol. The van der Waals surface area contributed by atoms with Gasteiger partial charge < -0.3 is 10.6 Å². The van der Waals surface area contributed by atoms with Crippen LogP contribution in [-0.4, -0.2) is 6.34 Å². The fourth-order valence-corrected chi connectivity index (χ4v) is 4.08. The van der Waals surface area contributed by atoms with Crippen molar-refractivity contribution in [2.75, 3.05) is 10.6 Å². The van der Waals surface area contributed by atoms with E-state index in [4.69, 9.17) is 16.6 Å². The Kier molecular flexibility index (Phi) is 5.79. The largest absolute Gasteiger partial charge is 0.354 e. The SMILES string of the molecule is C=C1c2ccccc2C2N=CNc3c(Nc4ccccc4)cc(C)c1c32.C=CC(=C)Cl. The van der Waals surface area contributed by atoms with Gasteiger partial charge in [-0.2, -0.15) is 0 Å². The Labute approximate surface area is 188 Å². The molecule has 0 saturated heterocycles. The quantitative estimate of drug-likeness (QED) is 0.424. The third-order valence-electron chi connectivity index (χ3n) is 5.43. The fourth-order valence-electron chi connectivity index (χ4n) is 4.08. The van der Waals surface area contributed by atoms with Crippen LogP contribution in [0.25, 0.3) is 5.57 Å². The van der Waals surface area contributed by atoms with Crippen molar-refractivity contribution in [3.05, 3.63) is 119 Å². The van der Waals surface area contributed by atoms with Crippen LogP contribution in [0, 0.1) is 6.92 Å². The number of fused-ring (bicyclic) bond motifs is 2. The molecular weight excluding hydrogens is 402 g/mol. The fraction of sp³-hybridized carbons (Fsp3) is 0.0741. The van der Waals surface area contributed by atoms with E-state index in [-0.39, 0.29) is 6.04 Å². The molecule has 3 aromatic carbocycles. The summed E-state index contributed by atoms with van der Waals surface area (Å²) in [6.07, 6.45) is 3.30. The highest BCUT2D eigenvalue weighted by Crippen LogP contribution is 2.50. The van der Waals surface area contributed by atoms with Gasteiger partial charge >= 0.3 is 0 Å². The summed E-state index contributed by atoms with van der Waals surface area (Å²) in [7, 11) is 0. The van der Waals surface area contributed by atoms with Gasteiger partial charge in [0.15, 0.2) is 0 Å². The first-order valence-corrected chi connectivity index (χ1v) is 10.4. The van der Waals surface area contributed by atoms with Crippen molar-refractivity contribution in [1.82, 2.24) is 0 Å². The highest BCUT2D eigenvalue weighted by molar-refractivity contribution is 6.30. The molecule has 1 aliphatic heterocycles. The summed E-state index contributed by atoms with van der Waals surface area (Å²) in [4.78, 5) is 4.76. The van der Waals surface area contributed by atoms with Crippen LogP contribution in [0.15, 0.2) is 96.5 Å². The lowest BCUT2D eigenvalue weighted by molar-refractivity contribution is 0.850. The molecule has 0 spiro atoms. The van der Waals surface area contributed by atoms with Crippen LogP contribution in [0.4, 0.5) is 17.1 Å². The molecular formula is C27H24ClN3. The lowest BCUT2D eigenvalue weighted by atomic mass is 9.76. The minimum Gasteiger partial charge on any atom is -0.354 e. The second-order valence-electron chi connectivity index (χ2n) is 7.44. The van der Waals surface area contributed by atoms with Gasteiger partial charge in [-0.15, -0.1) is 0 Å². The Morgan fingerprint density at radius 2 is 1.81 bits per heavy atom. The van der Waals surface area contributed by atoms with Gasteiger partial charge in [-0.3, -0.25) is 4.99 Å². The summed E-state index contributed by atoms with van der Waals surface area (Å²) in [6.45, 7) is 13.2. The molecule has 4 heteroatoms. The third-order valence-corrected chi connectivity index (χ3v) is 5.58. The van der Waals surface area contributed by atoms with Crippen LogP contribution in [0.5, 0.6) is 0 Å². The lowest BCUT2D eigenvalue weighted by Gasteiger charge is -2.34. The van der Waals surface area contributed by atoms with E-state index < -0.39 is 0 Å². The molecule has 2 aliphatic rings. The van der Waals surface area contributed by atoms with Gasteiger partial charge in [0, 0.05) is 16.3 Å². The molecule has 1 atom stereocenters. The van der Waals surface area contributed by atoms with Crippen LogP contribution >= 0.6 is 11.6 Å². The minimum absolute atomic E-state index is 0.0131. The maximum Gasteiger partial charge on any atom is 0.105 e. The van der Waals surface area contributed by atoms with Gasteiger partial charge in [0.1, 0.15) is 6.04 Å². The van der Waals surface area contributed by atoms with Crippen molar-refractivity contribution in [1.29, 1.82) is 0 Å². The van der Waals surface area contributed by atoms with Crippen molar-refractivity contribution < 1.29 is 0 Å². The smallest absolute Gasteiger partial charge is 0.105 e. The van der Waals surface area contributed by atoms with Crippen molar-refractivity contribution >= 4 is 40.6 Å². The molecule has 0 amide bonds. The number of allylic oxidation sites excluding steroid dienone is 2. The predicted octanol–water partition coefficient (Wildman–Crippen LogP) is 7.58. The van der Waals surface area contributed by atoms with E-state index in [2.05, 4.69) is 79.8 Å². The van der Waals surface area contributed by atoms with E-state index in [1.54, 1.807) is 0 Å². The Morgan fingerprint density at radius 1 is 1.13 bits per heavy atom. The molecule has 1 unspecified atom stereocenters. The molecule has 2 N–H and O–H groups in total. The van der Waals surface area contributed by atoms with E-state index in [1.807, 2.05) is 24.5 Å². The average Bonchev–Trinajstić information content (AvgIpc) is 2.79. The van der Waals surface area contributed by atoms with Crippen molar-refractivity contribution in [3.63, 3.8) is 0 Å². The molecule has 31 heavy (non-hydrogen) atoms. The number of aryl methyl sites for hydroxylation is 1. The van der Waals surface area contributed by atoms with Gasteiger partial charge in [0.05, 0.1) is 17.7 Å². The zero-order valence-electron chi connectivity index (χ0n) is 17.5. The molecule has 1 heterocycles. The molecule has 1 aliphatic carbocycles. The summed E-state index contributed by atoms with van der Waals surface area (Å²) >= 11 is 5.15. The Bertz CT molecular complexity index is 1210. The number of benzene rings is 3. The second kappa shape index (κ2) is 8.66. The minimum atomic E-state index is 0.0131. The van der Waals surface area contributed by atoms with E-state index in [1.165, 1.54) is 33.9 Å². The first-order chi connectivity index (χ1) is 15.0. The molecule has 0 aromatic heterocycles. The number of nitrogens with zero attached hydrogens (tertiary/aromatic N) is 1. The molecule has 0 fully saturated rings. The molecule has 5 rings (SSSR count). The van der Waals surface area contributed by atoms with Gasteiger partial charge in [-0.25, -0.2) is 0 Å². The number of hydrogen-bond donors (Lipinski definition) is 2. The average molecular weight is 426 g/mol. The first-order valence-electron chi connectivity index (χ1n) is 10.0. The van der Waals surface area contributed by atoms with E-state index >= 15 is 0 Å².